The van der Waals surface area contributed by atoms with Crippen LogP contribution in [0.1, 0.15) is 28.5 Å². The van der Waals surface area contributed by atoms with Crippen molar-refractivity contribution in [2.45, 2.75) is 13.8 Å². The normalized spacial score (nSPS) is 11.3. The molecular formula is C19H18N4O. The minimum Gasteiger partial charge on any atom is -0.272 e. The predicted octanol–water partition coefficient (Wildman–Crippen LogP) is 3.54. The van der Waals surface area contributed by atoms with Crippen molar-refractivity contribution < 1.29 is 4.79 Å². The fourth-order valence-electron chi connectivity index (χ4n) is 2.43. The standard InChI is InChI=1S/C19H18N4O/c1-13-17(16-11-7-4-8-12-16)21-22-18(13)19(24)23-20-14(2)15-9-5-3-6-10-15/h3-12H,1-2H3,(H,21,22)(H,23,24). The van der Waals surface area contributed by atoms with Gasteiger partial charge in [0.15, 0.2) is 0 Å². The van der Waals surface area contributed by atoms with Gasteiger partial charge < -0.3 is 0 Å². The minimum absolute atomic E-state index is 0.308. The van der Waals surface area contributed by atoms with Crippen molar-refractivity contribution in [3.63, 3.8) is 0 Å². The molecule has 0 saturated carbocycles. The first-order valence-corrected chi connectivity index (χ1v) is 7.67. The highest BCUT2D eigenvalue weighted by Crippen LogP contribution is 2.22. The van der Waals surface area contributed by atoms with Gasteiger partial charge in [0.25, 0.3) is 5.91 Å². The highest BCUT2D eigenvalue weighted by molar-refractivity contribution is 6.01. The van der Waals surface area contributed by atoms with Crippen LogP contribution in [0.4, 0.5) is 0 Å². The van der Waals surface area contributed by atoms with Crippen LogP contribution in [-0.4, -0.2) is 21.8 Å². The molecule has 3 aromatic rings. The Hall–Kier alpha value is -3.21. The van der Waals surface area contributed by atoms with Gasteiger partial charge in [-0.05, 0) is 19.4 Å². The Bertz CT molecular complexity index is 867. The number of nitrogens with one attached hydrogen (secondary N) is 2. The van der Waals surface area contributed by atoms with E-state index in [2.05, 4.69) is 20.7 Å². The van der Waals surface area contributed by atoms with Crippen LogP contribution in [0.15, 0.2) is 65.8 Å². The van der Waals surface area contributed by atoms with Crippen LogP contribution >= 0.6 is 0 Å². The molecule has 24 heavy (non-hydrogen) atoms. The van der Waals surface area contributed by atoms with Crippen molar-refractivity contribution >= 4 is 11.6 Å². The zero-order chi connectivity index (χ0) is 16.9. The van der Waals surface area contributed by atoms with Gasteiger partial charge in [-0.1, -0.05) is 60.7 Å². The Balaban J connectivity index is 1.78. The van der Waals surface area contributed by atoms with E-state index in [-0.39, 0.29) is 5.91 Å². The lowest BCUT2D eigenvalue weighted by Gasteiger charge is -2.03. The summed E-state index contributed by atoms with van der Waals surface area (Å²) < 4.78 is 0. The third kappa shape index (κ3) is 3.25. The molecule has 0 atom stereocenters. The number of hydrogen-bond acceptors (Lipinski definition) is 3. The maximum atomic E-state index is 12.4. The van der Waals surface area contributed by atoms with E-state index in [9.17, 15) is 4.79 Å². The topological polar surface area (TPSA) is 70.1 Å². The van der Waals surface area contributed by atoms with Crippen LogP contribution in [0.5, 0.6) is 0 Å². The second kappa shape index (κ2) is 6.91. The molecule has 5 nitrogen and oxygen atoms in total. The second-order valence-electron chi connectivity index (χ2n) is 5.44. The van der Waals surface area contributed by atoms with Gasteiger partial charge in [0, 0.05) is 11.1 Å². The number of carbonyl (C=O) groups is 1. The molecule has 0 fully saturated rings. The molecule has 0 radical (unpaired) electrons. The molecule has 0 aliphatic heterocycles. The molecule has 1 aromatic heterocycles. The van der Waals surface area contributed by atoms with E-state index in [4.69, 9.17) is 0 Å². The van der Waals surface area contributed by atoms with E-state index in [0.717, 1.165) is 28.1 Å². The Morgan fingerprint density at radius 2 is 1.67 bits per heavy atom. The van der Waals surface area contributed by atoms with E-state index < -0.39 is 0 Å². The molecule has 0 aliphatic rings. The molecule has 5 heteroatoms. The van der Waals surface area contributed by atoms with E-state index in [1.807, 2.05) is 74.5 Å². The molecule has 2 N–H and O–H groups in total. The Labute approximate surface area is 140 Å². The van der Waals surface area contributed by atoms with Crippen molar-refractivity contribution in [2.24, 2.45) is 5.10 Å². The Kier molecular flexibility index (Phi) is 4.52. The Morgan fingerprint density at radius 1 is 1.04 bits per heavy atom. The number of rotatable bonds is 4. The molecule has 0 aliphatic carbocycles. The summed E-state index contributed by atoms with van der Waals surface area (Å²) in [5.74, 6) is -0.308. The number of aromatic nitrogens is 2. The minimum atomic E-state index is -0.308. The third-order valence-corrected chi connectivity index (χ3v) is 3.80. The molecule has 120 valence electrons. The van der Waals surface area contributed by atoms with E-state index >= 15 is 0 Å². The summed E-state index contributed by atoms with van der Waals surface area (Å²) in [6.45, 7) is 3.72. The first kappa shape index (κ1) is 15.7. The lowest BCUT2D eigenvalue weighted by atomic mass is 10.1. The average molecular weight is 318 g/mol. The van der Waals surface area contributed by atoms with Crippen molar-refractivity contribution in [2.75, 3.05) is 0 Å². The Morgan fingerprint density at radius 3 is 2.33 bits per heavy atom. The number of H-pyrrole nitrogens is 1. The van der Waals surface area contributed by atoms with Crippen LogP contribution in [0.3, 0.4) is 0 Å². The number of benzene rings is 2. The maximum Gasteiger partial charge on any atom is 0.289 e. The molecule has 0 saturated heterocycles. The lowest BCUT2D eigenvalue weighted by molar-refractivity contribution is 0.0949. The molecule has 0 bridgehead atoms. The molecule has 1 amide bonds. The van der Waals surface area contributed by atoms with Crippen molar-refractivity contribution in [3.8, 4) is 11.3 Å². The lowest BCUT2D eigenvalue weighted by Crippen LogP contribution is -2.20. The molecule has 1 heterocycles. The van der Waals surface area contributed by atoms with Gasteiger partial charge >= 0.3 is 0 Å². The summed E-state index contributed by atoms with van der Waals surface area (Å²) in [5.41, 5.74) is 7.23. The van der Waals surface area contributed by atoms with Crippen LogP contribution in [0.25, 0.3) is 11.3 Å². The van der Waals surface area contributed by atoms with E-state index in [1.54, 1.807) is 0 Å². The van der Waals surface area contributed by atoms with Gasteiger partial charge in [-0.3, -0.25) is 9.89 Å². The largest absolute Gasteiger partial charge is 0.289 e. The summed E-state index contributed by atoms with van der Waals surface area (Å²) in [6, 6.07) is 19.4. The first-order chi connectivity index (χ1) is 11.7. The fraction of sp³-hybridized carbons (Fsp3) is 0.105. The fourth-order valence-corrected chi connectivity index (χ4v) is 2.43. The highest BCUT2D eigenvalue weighted by Gasteiger charge is 2.16. The number of amides is 1. The van der Waals surface area contributed by atoms with Gasteiger partial charge in [-0.2, -0.15) is 10.2 Å². The quantitative estimate of drug-likeness (QED) is 0.570. The molecule has 3 rings (SSSR count). The summed E-state index contributed by atoms with van der Waals surface area (Å²) in [4.78, 5) is 12.4. The number of aromatic amines is 1. The van der Waals surface area contributed by atoms with Crippen LogP contribution in [-0.2, 0) is 0 Å². The van der Waals surface area contributed by atoms with Crippen LogP contribution in [0.2, 0.25) is 0 Å². The zero-order valence-electron chi connectivity index (χ0n) is 13.6. The number of hydrazone groups is 1. The average Bonchev–Trinajstić information content (AvgIpc) is 3.02. The van der Waals surface area contributed by atoms with Crippen LogP contribution in [0, 0.1) is 6.92 Å². The number of nitrogens with zero attached hydrogens (tertiary/aromatic N) is 2. The number of carbonyl (C=O) groups excluding carboxylic acids is 1. The molecule has 2 aromatic carbocycles. The maximum absolute atomic E-state index is 12.4. The first-order valence-electron chi connectivity index (χ1n) is 7.67. The van der Waals surface area contributed by atoms with Gasteiger partial charge in [-0.25, -0.2) is 5.43 Å². The molecule has 0 unspecified atom stereocenters. The van der Waals surface area contributed by atoms with Crippen LogP contribution < -0.4 is 5.43 Å². The van der Waals surface area contributed by atoms with Crippen molar-refractivity contribution in [3.05, 3.63) is 77.5 Å². The molecular weight excluding hydrogens is 300 g/mol. The SMILES string of the molecule is CC(=NNC(=O)c1[nH]nc(-c2ccccc2)c1C)c1ccccc1. The summed E-state index contributed by atoms with van der Waals surface area (Å²) >= 11 is 0. The second-order valence-corrected chi connectivity index (χ2v) is 5.44. The monoisotopic (exact) mass is 318 g/mol. The number of hydrogen-bond donors (Lipinski definition) is 2. The van der Waals surface area contributed by atoms with Gasteiger partial charge in [0.05, 0.1) is 11.4 Å². The predicted molar refractivity (Wildman–Crippen MR) is 94.9 cm³/mol. The van der Waals surface area contributed by atoms with E-state index in [1.165, 1.54) is 0 Å². The smallest absolute Gasteiger partial charge is 0.272 e. The van der Waals surface area contributed by atoms with Crippen molar-refractivity contribution in [1.29, 1.82) is 0 Å². The van der Waals surface area contributed by atoms with Gasteiger partial charge in [0.1, 0.15) is 5.69 Å². The molecule has 0 spiro atoms. The van der Waals surface area contributed by atoms with E-state index in [0.29, 0.717) is 5.69 Å². The van der Waals surface area contributed by atoms with Gasteiger partial charge in [-0.15, -0.1) is 0 Å². The third-order valence-electron chi connectivity index (χ3n) is 3.80. The summed E-state index contributed by atoms with van der Waals surface area (Å²) in [5, 5.41) is 11.2. The van der Waals surface area contributed by atoms with Crippen molar-refractivity contribution in [1.82, 2.24) is 15.6 Å². The highest BCUT2D eigenvalue weighted by atomic mass is 16.2. The zero-order valence-corrected chi connectivity index (χ0v) is 13.6. The van der Waals surface area contributed by atoms with Gasteiger partial charge in [0.2, 0.25) is 0 Å². The summed E-state index contributed by atoms with van der Waals surface area (Å²) in [7, 11) is 0. The summed E-state index contributed by atoms with van der Waals surface area (Å²) in [6.07, 6.45) is 0.